The number of carboxylic acids is 1. The number of carbonyl (C=O) groups excluding carboxylic acids is 1. The van der Waals surface area contributed by atoms with E-state index in [2.05, 4.69) is 93.2 Å². The second-order valence-corrected chi connectivity index (χ2v) is 24.3. The molecule has 8 rings (SSSR count). The number of carboxylic acid groups (broad SMARTS) is 1. The Labute approximate surface area is 426 Å². The van der Waals surface area contributed by atoms with Crippen LogP contribution in [0, 0.1) is 17.8 Å². The van der Waals surface area contributed by atoms with E-state index >= 15 is 0 Å². The highest BCUT2D eigenvalue weighted by atomic mass is 35.5. The van der Waals surface area contributed by atoms with Crippen LogP contribution in [0.2, 0.25) is 0 Å². The van der Waals surface area contributed by atoms with Crippen LogP contribution < -0.4 is 27.6 Å². The Morgan fingerprint density at radius 1 is 0.657 bits per heavy atom. The number of allylic oxidation sites excluding steroid dienone is 3. The van der Waals surface area contributed by atoms with Crippen LogP contribution >= 0.6 is 0 Å². The van der Waals surface area contributed by atoms with Crippen LogP contribution in [-0.4, -0.2) is 66.7 Å². The van der Waals surface area contributed by atoms with Crippen LogP contribution in [-0.2, 0) is 20.4 Å². The van der Waals surface area contributed by atoms with E-state index in [0.29, 0.717) is 49.0 Å². The minimum atomic E-state index is -0.862. The van der Waals surface area contributed by atoms with Crippen molar-refractivity contribution >= 4 is 11.8 Å². The molecule has 0 spiro atoms. The van der Waals surface area contributed by atoms with Crippen molar-refractivity contribution in [3.8, 4) is 23.0 Å². The largest absolute Gasteiger partial charge is 1.00 e. The van der Waals surface area contributed by atoms with Crippen LogP contribution in [0.25, 0.3) is 0 Å². The summed E-state index contributed by atoms with van der Waals surface area (Å²) in [5.41, 5.74) is 8.09. The molecule has 11 heteroatoms. The Balaban J connectivity index is 0.000000232. The van der Waals surface area contributed by atoms with Gasteiger partial charge in [-0.2, -0.15) is 0 Å². The van der Waals surface area contributed by atoms with Crippen molar-refractivity contribution in [2.75, 3.05) is 0 Å². The summed E-state index contributed by atoms with van der Waals surface area (Å²) in [6, 6.07) is 8.62. The van der Waals surface area contributed by atoms with E-state index in [1.807, 2.05) is 18.2 Å². The second kappa shape index (κ2) is 23.5. The van der Waals surface area contributed by atoms with Crippen LogP contribution in [0.3, 0.4) is 0 Å². The number of unbranched alkanes of at least 4 members (excludes halogenated alkanes) is 6. The van der Waals surface area contributed by atoms with E-state index in [-0.39, 0.29) is 76.3 Å². The number of aliphatic hydroxyl groups is 2. The third kappa shape index (κ3) is 13.5. The van der Waals surface area contributed by atoms with E-state index in [1.165, 1.54) is 51.4 Å². The first-order valence-electron chi connectivity index (χ1n) is 26.8. The fourth-order valence-corrected chi connectivity index (χ4v) is 12.2. The van der Waals surface area contributed by atoms with Gasteiger partial charge in [0.05, 0.1) is 18.2 Å². The van der Waals surface area contributed by atoms with Crippen molar-refractivity contribution < 1.29 is 62.7 Å². The molecule has 0 saturated heterocycles. The Bertz CT molecular complexity index is 2170. The topological polar surface area (TPSA) is 181 Å². The van der Waals surface area contributed by atoms with Crippen molar-refractivity contribution in [3.63, 3.8) is 0 Å². The van der Waals surface area contributed by atoms with E-state index in [9.17, 15) is 30.0 Å². The maximum atomic E-state index is 13.0. The van der Waals surface area contributed by atoms with Crippen LogP contribution in [0.1, 0.15) is 225 Å². The molecule has 4 atom stereocenters. The molecule has 2 aliphatic heterocycles. The summed E-state index contributed by atoms with van der Waals surface area (Å²) in [6.07, 6.45) is 22.0. The highest BCUT2D eigenvalue weighted by Gasteiger charge is 2.49. The lowest BCUT2D eigenvalue weighted by molar-refractivity contribution is -0.447. The number of carbonyl (C=O) groups is 2. The quantitative estimate of drug-likeness (QED) is 0.0895. The monoisotopic (exact) mass is 992 g/mol. The first-order chi connectivity index (χ1) is 32.4. The fraction of sp³-hybridized carbons (Fsp3) is 0.695. The molecular formula is C59H90ClNO9. The number of hydrogen-bond acceptors (Lipinski definition) is 8. The number of benzene rings is 2. The van der Waals surface area contributed by atoms with E-state index in [1.54, 1.807) is 0 Å². The van der Waals surface area contributed by atoms with Crippen molar-refractivity contribution in [1.29, 1.82) is 0 Å². The Kier molecular flexibility index (Phi) is 19.3. The summed E-state index contributed by atoms with van der Waals surface area (Å²) in [6.45, 7) is 21.9. The summed E-state index contributed by atoms with van der Waals surface area (Å²) < 4.78 is 13.0. The zero-order valence-electron chi connectivity index (χ0n) is 44.5. The predicted octanol–water partition coefficient (Wildman–Crippen LogP) is 9.03. The summed E-state index contributed by atoms with van der Waals surface area (Å²) in [5.74, 6) is 2.16. The highest BCUT2D eigenvalue weighted by molar-refractivity contribution is 5.96. The minimum absolute atomic E-state index is 0. The molecule has 6 aliphatic rings. The van der Waals surface area contributed by atoms with Gasteiger partial charge in [-0.05, 0) is 137 Å². The molecule has 0 amide bonds. The molecule has 70 heavy (non-hydrogen) atoms. The van der Waals surface area contributed by atoms with Crippen LogP contribution in [0.5, 0.6) is 23.0 Å². The average molecular weight is 993 g/mol. The summed E-state index contributed by atoms with van der Waals surface area (Å²) in [5, 5.41) is 49.9. The summed E-state index contributed by atoms with van der Waals surface area (Å²) in [4.78, 5) is 24.6. The first kappa shape index (κ1) is 57.3. The first-order valence-corrected chi connectivity index (χ1v) is 26.8. The minimum Gasteiger partial charge on any atom is -1.00 e. The van der Waals surface area contributed by atoms with Gasteiger partial charge in [-0.25, -0.2) is 4.79 Å². The number of hydrogen-bond donors (Lipinski definition) is 6. The molecule has 8 N–H and O–H groups in total. The summed E-state index contributed by atoms with van der Waals surface area (Å²) >= 11 is 0. The molecule has 2 saturated carbocycles. The smallest absolute Gasteiger partial charge is 0.331 e. The lowest BCUT2D eigenvalue weighted by Crippen LogP contribution is -3.00. The number of aliphatic hydroxyl groups excluding tert-OH is 2. The molecule has 2 aromatic rings. The van der Waals surface area contributed by atoms with Crippen LogP contribution in [0.15, 0.2) is 47.6 Å². The Morgan fingerprint density at radius 2 is 1.07 bits per heavy atom. The SMILES string of the molecule is CCCCCCC(C)(C)c1cc(O)c2c(c1)OC(C)(C)[C@@H]1CC=C(C(=O)CC3CC(O)C3)C[C@@H]21.CCCCCCC(C)(C)c1cc(O)c2c(c1)OC(C)(C)[C@@H]1CC=C(C(=O)O)C[C@@H]21.[Cl-].[NH3+]C1CC(O)C1. The third-order valence-electron chi connectivity index (χ3n) is 17.0. The number of fused-ring (bicyclic) bond motifs is 6. The van der Waals surface area contributed by atoms with E-state index in [0.717, 1.165) is 84.3 Å². The van der Waals surface area contributed by atoms with Gasteiger partial charge >= 0.3 is 5.97 Å². The molecule has 4 aliphatic carbocycles. The predicted molar refractivity (Wildman–Crippen MR) is 274 cm³/mol. The van der Waals surface area contributed by atoms with Gasteiger partial charge in [0.1, 0.15) is 34.2 Å². The van der Waals surface area contributed by atoms with E-state index in [4.69, 9.17) is 14.6 Å². The number of phenols is 2. The second-order valence-electron chi connectivity index (χ2n) is 24.3. The lowest BCUT2D eigenvalue weighted by Gasteiger charge is -2.47. The number of aliphatic carboxylic acids is 1. The number of Topliss-reactive ketones (excluding diaryl/α,β-unsaturated/α-hetero) is 1. The standard InChI is InChI=1S/C30H44O4.C25H36O4.C4H9NO.ClH/c1-6-7-8-9-12-29(2,3)21-17-26(33)28-23-16-20(25(32)15-19-13-22(31)14-19)10-11-24(23)30(4,5)34-27(28)18-21;1-6-7-8-9-12-24(2,3)17-14-20(26)22-18-13-16(23(27)28)10-11-19(18)25(4,5)29-21(22)15-17;5-3-1-4(6)2-3;/h10,17-19,22-24,31,33H,6-9,11-16H2,1-5H3;10,14-15,18-19,26H,6-9,11-13H2,1-5H3,(H,27,28);3-4,6H,1-2,5H2;1H/t19?,22?,23-,24-;18-,19-;;/m11../s1. The number of ether oxygens (including phenoxy) is 2. The number of phenolic OH excluding ortho intramolecular Hbond substituents is 2. The highest BCUT2D eigenvalue weighted by Crippen LogP contribution is 2.57. The van der Waals surface area contributed by atoms with Crippen molar-refractivity contribution in [2.45, 2.75) is 243 Å². The van der Waals surface area contributed by atoms with Gasteiger partial charge in [0.25, 0.3) is 0 Å². The molecule has 2 aromatic carbocycles. The zero-order valence-corrected chi connectivity index (χ0v) is 45.2. The molecular weight excluding hydrogens is 902 g/mol. The molecule has 2 heterocycles. The number of rotatable bonds is 16. The molecule has 10 nitrogen and oxygen atoms in total. The normalized spacial score (nSPS) is 26.8. The van der Waals surface area contributed by atoms with Crippen molar-refractivity contribution in [3.05, 3.63) is 69.8 Å². The summed E-state index contributed by atoms with van der Waals surface area (Å²) in [7, 11) is 0. The zero-order chi connectivity index (χ0) is 50.6. The van der Waals surface area contributed by atoms with Gasteiger partial charge in [0, 0.05) is 59.6 Å². The van der Waals surface area contributed by atoms with Crippen molar-refractivity contribution in [1.82, 2.24) is 0 Å². The van der Waals surface area contributed by atoms with Gasteiger partial charge in [-0.1, -0.05) is 105 Å². The van der Waals surface area contributed by atoms with Gasteiger partial charge in [-0.15, -0.1) is 0 Å². The fourth-order valence-electron chi connectivity index (χ4n) is 12.2. The Hall–Kier alpha value is -3.57. The number of quaternary nitrogens is 1. The molecule has 0 aromatic heterocycles. The van der Waals surface area contributed by atoms with Crippen LogP contribution in [0.4, 0.5) is 0 Å². The van der Waals surface area contributed by atoms with Gasteiger partial charge in [-0.3, -0.25) is 4.79 Å². The molecule has 2 fully saturated rings. The molecule has 0 bridgehead atoms. The molecule has 0 unspecified atom stereocenters. The number of halogens is 1. The number of ketones is 1. The lowest BCUT2D eigenvalue weighted by atomic mass is 9.65. The van der Waals surface area contributed by atoms with Crippen molar-refractivity contribution in [2.24, 2.45) is 17.8 Å². The van der Waals surface area contributed by atoms with Gasteiger partial charge in [0.2, 0.25) is 0 Å². The maximum absolute atomic E-state index is 13.0. The Morgan fingerprint density at radius 3 is 1.44 bits per heavy atom. The van der Waals surface area contributed by atoms with E-state index < -0.39 is 11.6 Å². The molecule has 0 radical (unpaired) electrons. The third-order valence-corrected chi connectivity index (χ3v) is 17.0. The number of aromatic hydroxyl groups is 2. The maximum Gasteiger partial charge on any atom is 0.331 e. The van der Waals surface area contributed by atoms with Gasteiger partial charge < -0.3 is 53.1 Å². The average Bonchev–Trinajstić information content (AvgIpc) is 3.25. The molecule has 392 valence electrons. The van der Waals surface area contributed by atoms with Gasteiger partial charge in [0.15, 0.2) is 5.78 Å².